The predicted molar refractivity (Wildman–Crippen MR) is 95.1 cm³/mol. The second-order valence-corrected chi connectivity index (χ2v) is 6.33. The molecule has 1 amide bonds. The van der Waals surface area contributed by atoms with E-state index in [0.717, 1.165) is 24.5 Å². The monoisotopic (exact) mass is 324 g/mol. The predicted octanol–water partition coefficient (Wildman–Crippen LogP) is 3.10. The lowest BCUT2D eigenvalue weighted by molar-refractivity contribution is 0.0945. The Balaban J connectivity index is 1.65. The Morgan fingerprint density at radius 1 is 1.12 bits per heavy atom. The van der Waals surface area contributed by atoms with E-state index in [-0.39, 0.29) is 5.91 Å². The summed E-state index contributed by atoms with van der Waals surface area (Å²) in [6, 6.07) is 9.93. The lowest BCUT2D eigenvalue weighted by atomic mass is 10.1. The number of aryl methyl sites for hydroxylation is 1. The highest BCUT2D eigenvalue weighted by molar-refractivity contribution is 5.92. The molecule has 1 N–H and O–H groups in total. The molecule has 2 aromatic rings. The van der Waals surface area contributed by atoms with Gasteiger partial charge in [0.25, 0.3) is 5.91 Å². The van der Waals surface area contributed by atoms with Crippen molar-refractivity contribution in [1.82, 2.24) is 15.3 Å². The van der Waals surface area contributed by atoms with Crippen LogP contribution in [0.5, 0.6) is 0 Å². The van der Waals surface area contributed by atoms with Crippen LogP contribution in [0.15, 0.2) is 36.7 Å². The van der Waals surface area contributed by atoms with E-state index in [4.69, 9.17) is 0 Å². The molecule has 0 bridgehead atoms. The van der Waals surface area contributed by atoms with Gasteiger partial charge < -0.3 is 10.2 Å². The van der Waals surface area contributed by atoms with Crippen LogP contribution in [-0.4, -0.2) is 29.0 Å². The highest BCUT2D eigenvalue weighted by atomic mass is 16.1. The smallest absolute Gasteiger partial charge is 0.270 e. The molecular weight excluding hydrogens is 300 g/mol. The van der Waals surface area contributed by atoms with Crippen molar-refractivity contribution in [3.05, 3.63) is 53.5 Å². The number of carbonyl (C=O) groups excluding carboxylic acids is 1. The van der Waals surface area contributed by atoms with Crippen LogP contribution in [0.4, 0.5) is 5.82 Å². The fraction of sp³-hybridized carbons (Fsp3) is 0.421. The molecule has 1 aliphatic heterocycles. The molecule has 24 heavy (non-hydrogen) atoms. The Labute approximate surface area is 143 Å². The Bertz CT molecular complexity index is 693. The molecule has 0 unspecified atom stereocenters. The SMILES string of the molecule is Cc1cccc(CNC(=O)c2cc(N3CCCCCC3)ncn2)c1. The number of rotatable bonds is 4. The fourth-order valence-electron chi connectivity index (χ4n) is 3.04. The number of nitrogens with zero attached hydrogens (tertiary/aromatic N) is 3. The van der Waals surface area contributed by atoms with E-state index < -0.39 is 0 Å². The van der Waals surface area contributed by atoms with Crippen molar-refractivity contribution >= 4 is 11.7 Å². The Hall–Kier alpha value is -2.43. The molecule has 0 saturated carbocycles. The first-order chi connectivity index (χ1) is 11.7. The Kier molecular flexibility index (Phi) is 5.41. The minimum absolute atomic E-state index is 0.157. The zero-order chi connectivity index (χ0) is 16.8. The third-order valence-electron chi connectivity index (χ3n) is 4.35. The van der Waals surface area contributed by atoms with Gasteiger partial charge in [-0.3, -0.25) is 4.79 Å². The fourth-order valence-corrected chi connectivity index (χ4v) is 3.04. The molecule has 126 valence electrons. The molecule has 1 fully saturated rings. The number of nitrogens with one attached hydrogen (secondary N) is 1. The van der Waals surface area contributed by atoms with Crippen molar-refractivity contribution in [2.24, 2.45) is 0 Å². The maximum Gasteiger partial charge on any atom is 0.270 e. The average Bonchev–Trinajstić information content (AvgIpc) is 2.89. The first-order valence-electron chi connectivity index (χ1n) is 8.63. The number of carbonyl (C=O) groups is 1. The first kappa shape index (κ1) is 16.4. The van der Waals surface area contributed by atoms with Gasteiger partial charge in [-0.25, -0.2) is 9.97 Å². The lowest BCUT2D eigenvalue weighted by Crippen LogP contribution is -2.27. The van der Waals surface area contributed by atoms with Crippen LogP contribution in [0.3, 0.4) is 0 Å². The number of hydrogen-bond donors (Lipinski definition) is 1. The van der Waals surface area contributed by atoms with Gasteiger partial charge in [-0.1, -0.05) is 42.7 Å². The quantitative estimate of drug-likeness (QED) is 0.939. The number of benzene rings is 1. The van der Waals surface area contributed by atoms with E-state index in [1.807, 2.05) is 25.1 Å². The Morgan fingerprint density at radius 2 is 1.92 bits per heavy atom. The summed E-state index contributed by atoms with van der Waals surface area (Å²) in [7, 11) is 0. The summed E-state index contributed by atoms with van der Waals surface area (Å²) < 4.78 is 0. The zero-order valence-electron chi connectivity index (χ0n) is 14.2. The van der Waals surface area contributed by atoms with Gasteiger partial charge in [0, 0.05) is 25.7 Å². The molecule has 0 aliphatic carbocycles. The minimum atomic E-state index is -0.157. The summed E-state index contributed by atoms with van der Waals surface area (Å²) in [5, 5.41) is 2.94. The van der Waals surface area contributed by atoms with Crippen LogP contribution in [0.25, 0.3) is 0 Å². The van der Waals surface area contributed by atoms with E-state index in [9.17, 15) is 4.79 Å². The van der Waals surface area contributed by atoms with Crippen molar-refractivity contribution in [2.75, 3.05) is 18.0 Å². The van der Waals surface area contributed by atoms with E-state index in [2.05, 4.69) is 26.3 Å². The molecule has 1 aromatic heterocycles. The highest BCUT2D eigenvalue weighted by Gasteiger charge is 2.14. The maximum atomic E-state index is 12.4. The molecule has 5 heteroatoms. The zero-order valence-corrected chi connectivity index (χ0v) is 14.2. The molecular formula is C19H24N4O. The third-order valence-corrected chi connectivity index (χ3v) is 4.35. The van der Waals surface area contributed by atoms with Crippen molar-refractivity contribution in [2.45, 2.75) is 39.2 Å². The van der Waals surface area contributed by atoms with Gasteiger partial charge in [-0.2, -0.15) is 0 Å². The molecule has 1 aromatic carbocycles. The van der Waals surface area contributed by atoms with Crippen LogP contribution in [-0.2, 0) is 6.54 Å². The highest BCUT2D eigenvalue weighted by Crippen LogP contribution is 2.17. The van der Waals surface area contributed by atoms with Gasteiger partial charge >= 0.3 is 0 Å². The van der Waals surface area contributed by atoms with Gasteiger partial charge in [0.05, 0.1) is 0 Å². The number of hydrogen-bond acceptors (Lipinski definition) is 4. The van der Waals surface area contributed by atoms with Crippen molar-refractivity contribution in [1.29, 1.82) is 0 Å². The molecule has 0 radical (unpaired) electrons. The molecule has 1 aliphatic rings. The molecule has 0 atom stereocenters. The Morgan fingerprint density at radius 3 is 2.67 bits per heavy atom. The van der Waals surface area contributed by atoms with Crippen LogP contribution < -0.4 is 10.2 Å². The molecule has 3 rings (SSSR count). The standard InChI is InChI=1S/C19H24N4O/c1-15-7-6-8-16(11-15)13-20-19(24)17-12-18(22-14-21-17)23-9-4-2-3-5-10-23/h6-8,11-12,14H,2-5,9-10,13H2,1H3,(H,20,24). The summed E-state index contributed by atoms with van der Waals surface area (Å²) in [5.41, 5.74) is 2.70. The first-order valence-corrected chi connectivity index (χ1v) is 8.63. The number of aromatic nitrogens is 2. The van der Waals surface area contributed by atoms with Crippen LogP contribution in [0.1, 0.15) is 47.3 Å². The van der Waals surface area contributed by atoms with Gasteiger partial charge in [0.15, 0.2) is 0 Å². The summed E-state index contributed by atoms with van der Waals surface area (Å²) in [5.74, 6) is 0.697. The molecule has 1 saturated heterocycles. The summed E-state index contributed by atoms with van der Waals surface area (Å²) >= 11 is 0. The summed E-state index contributed by atoms with van der Waals surface area (Å²) in [4.78, 5) is 23.1. The van der Waals surface area contributed by atoms with E-state index in [1.54, 1.807) is 6.07 Å². The maximum absolute atomic E-state index is 12.4. The molecule has 2 heterocycles. The summed E-state index contributed by atoms with van der Waals surface area (Å²) in [6.45, 7) is 4.55. The van der Waals surface area contributed by atoms with E-state index >= 15 is 0 Å². The van der Waals surface area contributed by atoms with E-state index in [1.165, 1.54) is 37.6 Å². The van der Waals surface area contributed by atoms with Crippen molar-refractivity contribution in [3.8, 4) is 0 Å². The second kappa shape index (κ2) is 7.90. The third kappa shape index (κ3) is 4.31. The van der Waals surface area contributed by atoms with Gasteiger partial charge in [-0.15, -0.1) is 0 Å². The van der Waals surface area contributed by atoms with Crippen molar-refractivity contribution < 1.29 is 4.79 Å². The van der Waals surface area contributed by atoms with E-state index in [0.29, 0.717) is 12.2 Å². The number of amides is 1. The topological polar surface area (TPSA) is 58.1 Å². The van der Waals surface area contributed by atoms with Crippen LogP contribution in [0.2, 0.25) is 0 Å². The number of anilines is 1. The van der Waals surface area contributed by atoms with Gasteiger partial charge in [-0.05, 0) is 25.3 Å². The van der Waals surface area contributed by atoms with Gasteiger partial charge in [0.1, 0.15) is 17.8 Å². The summed E-state index contributed by atoms with van der Waals surface area (Å²) in [6.07, 6.45) is 6.39. The normalized spacial score (nSPS) is 15.0. The molecule has 0 spiro atoms. The van der Waals surface area contributed by atoms with Crippen molar-refractivity contribution in [3.63, 3.8) is 0 Å². The molecule has 5 nitrogen and oxygen atoms in total. The second-order valence-electron chi connectivity index (χ2n) is 6.33. The average molecular weight is 324 g/mol. The van der Waals surface area contributed by atoms with Crippen LogP contribution >= 0.6 is 0 Å². The van der Waals surface area contributed by atoms with Gasteiger partial charge in [0.2, 0.25) is 0 Å². The van der Waals surface area contributed by atoms with Crippen LogP contribution in [0, 0.1) is 6.92 Å². The largest absolute Gasteiger partial charge is 0.357 e. The lowest BCUT2D eigenvalue weighted by Gasteiger charge is -2.21. The minimum Gasteiger partial charge on any atom is -0.357 e.